The number of halogens is 2. The first-order valence-electron chi connectivity index (χ1n) is 6.06. The highest BCUT2D eigenvalue weighted by molar-refractivity contribution is 6.38. The van der Waals surface area contributed by atoms with Crippen LogP contribution in [-0.4, -0.2) is 15.9 Å². The van der Waals surface area contributed by atoms with E-state index in [-0.39, 0.29) is 21.9 Å². The lowest BCUT2D eigenvalue weighted by molar-refractivity contribution is 0.102. The second-order valence-electron chi connectivity index (χ2n) is 4.56. The number of benzene rings is 1. The van der Waals surface area contributed by atoms with Crippen LogP contribution in [0.2, 0.25) is 10.3 Å². The van der Waals surface area contributed by atoms with Crippen LogP contribution in [0.4, 0.5) is 5.69 Å². The van der Waals surface area contributed by atoms with Gasteiger partial charge in [-0.3, -0.25) is 4.79 Å². The van der Waals surface area contributed by atoms with E-state index in [0.29, 0.717) is 11.5 Å². The molecule has 2 aromatic rings. The Kier molecular flexibility index (Phi) is 4.57. The van der Waals surface area contributed by atoms with Crippen LogP contribution in [-0.2, 0) is 0 Å². The molecule has 104 valence electrons. The number of aromatic nitrogens is 2. The fraction of sp³-hybridized carbons (Fsp3) is 0.214. The summed E-state index contributed by atoms with van der Waals surface area (Å²) in [4.78, 5) is 19.7. The van der Waals surface area contributed by atoms with Gasteiger partial charge in [0.25, 0.3) is 5.91 Å². The lowest BCUT2D eigenvalue weighted by Gasteiger charge is -2.09. The fourth-order valence-corrected chi connectivity index (χ4v) is 2.06. The molecule has 0 spiro atoms. The second kappa shape index (κ2) is 6.20. The molecule has 1 amide bonds. The number of nitrogens with zero attached hydrogens (tertiary/aromatic N) is 2. The number of hydrogen-bond acceptors (Lipinski definition) is 3. The first kappa shape index (κ1) is 14.8. The van der Waals surface area contributed by atoms with Crippen molar-refractivity contribution in [1.82, 2.24) is 9.97 Å². The van der Waals surface area contributed by atoms with Crippen LogP contribution in [0.15, 0.2) is 30.6 Å². The van der Waals surface area contributed by atoms with Crippen LogP contribution in [0.5, 0.6) is 0 Å². The highest BCUT2D eigenvalue weighted by atomic mass is 35.5. The zero-order valence-electron chi connectivity index (χ0n) is 11.0. The van der Waals surface area contributed by atoms with Gasteiger partial charge in [-0.2, -0.15) is 0 Å². The molecule has 2 rings (SSSR count). The third-order valence-electron chi connectivity index (χ3n) is 2.83. The summed E-state index contributed by atoms with van der Waals surface area (Å²) in [5, 5.41) is 2.83. The van der Waals surface area contributed by atoms with Gasteiger partial charge < -0.3 is 5.32 Å². The maximum absolute atomic E-state index is 12.1. The Labute approximate surface area is 127 Å². The first-order chi connectivity index (χ1) is 9.49. The molecule has 0 bridgehead atoms. The van der Waals surface area contributed by atoms with Crippen molar-refractivity contribution >= 4 is 34.8 Å². The van der Waals surface area contributed by atoms with Crippen molar-refractivity contribution in [1.29, 1.82) is 0 Å². The van der Waals surface area contributed by atoms with Gasteiger partial charge >= 0.3 is 0 Å². The molecule has 20 heavy (non-hydrogen) atoms. The molecule has 0 aliphatic carbocycles. The highest BCUT2D eigenvalue weighted by Crippen LogP contribution is 2.26. The first-order valence-corrected chi connectivity index (χ1v) is 6.82. The molecule has 4 nitrogen and oxygen atoms in total. The standard InChI is InChI=1S/C14H13Cl2N3O/c1-8(2)9-3-5-10(6-4-9)14(20)19-11-12(15)17-7-18-13(11)16/h3-8H,1-2H3,(H,19,20). The number of carbonyl (C=O) groups is 1. The molecule has 1 aromatic heterocycles. The van der Waals surface area contributed by atoms with E-state index in [1.54, 1.807) is 12.1 Å². The van der Waals surface area contributed by atoms with E-state index in [2.05, 4.69) is 29.1 Å². The Morgan fingerprint density at radius 2 is 1.65 bits per heavy atom. The summed E-state index contributed by atoms with van der Waals surface area (Å²) in [6.45, 7) is 4.19. The Morgan fingerprint density at radius 3 is 2.15 bits per heavy atom. The van der Waals surface area contributed by atoms with Crippen molar-refractivity contribution < 1.29 is 4.79 Å². The van der Waals surface area contributed by atoms with E-state index >= 15 is 0 Å². The van der Waals surface area contributed by atoms with E-state index in [4.69, 9.17) is 23.2 Å². The van der Waals surface area contributed by atoms with Crippen LogP contribution >= 0.6 is 23.2 Å². The average Bonchev–Trinajstić information content (AvgIpc) is 2.43. The summed E-state index contributed by atoms with van der Waals surface area (Å²) in [5.41, 5.74) is 1.90. The number of carbonyl (C=O) groups excluding carboxylic acids is 1. The Bertz CT molecular complexity index is 607. The normalized spacial score (nSPS) is 10.7. The third-order valence-corrected chi connectivity index (χ3v) is 3.41. The van der Waals surface area contributed by atoms with Crippen molar-refractivity contribution in [3.8, 4) is 0 Å². The molecule has 0 atom stereocenters. The summed E-state index contributed by atoms with van der Waals surface area (Å²) in [5.74, 6) is 0.109. The molecule has 0 saturated carbocycles. The van der Waals surface area contributed by atoms with E-state index in [1.165, 1.54) is 11.9 Å². The molecule has 0 radical (unpaired) electrons. The van der Waals surface area contributed by atoms with E-state index in [9.17, 15) is 4.79 Å². The molecule has 1 aromatic carbocycles. The van der Waals surface area contributed by atoms with E-state index in [0.717, 1.165) is 0 Å². The zero-order valence-corrected chi connectivity index (χ0v) is 12.5. The minimum absolute atomic E-state index is 0.108. The predicted molar refractivity (Wildman–Crippen MR) is 80.5 cm³/mol. The summed E-state index contributed by atoms with van der Waals surface area (Å²) < 4.78 is 0. The summed E-state index contributed by atoms with van der Waals surface area (Å²) in [6.07, 6.45) is 1.23. The molecule has 0 saturated heterocycles. The van der Waals surface area contributed by atoms with Crippen molar-refractivity contribution in [3.05, 3.63) is 52.0 Å². The van der Waals surface area contributed by atoms with Gasteiger partial charge in [0.1, 0.15) is 12.0 Å². The minimum Gasteiger partial charge on any atom is -0.317 e. The average molecular weight is 310 g/mol. The van der Waals surface area contributed by atoms with E-state index in [1.807, 2.05) is 12.1 Å². The number of hydrogen-bond donors (Lipinski definition) is 1. The van der Waals surface area contributed by atoms with Gasteiger partial charge in [-0.05, 0) is 23.6 Å². The highest BCUT2D eigenvalue weighted by Gasteiger charge is 2.13. The molecule has 0 fully saturated rings. The van der Waals surface area contributed by atoms with Gasteiger partial charge in [0, 0.05) is 5.56 Å². The lowest BCUT2D eigenvalue weighted by Crippen LogP contribution is -2.13. The van der Waals surface area contributed by atoms with Crippen molar-refractivity contribution in [2.75, 3.05) is 5.32 Å². The van der Waals surface area contributed by atoms with Crippen LogP contribution < -0.4 is 5.32 Å². The Morgan fingerprint density at radius 1 is 1.10 bits per heavy atom. The molecule has 6 heteroatoms. The SMILES string of the molecule is CC(C)c1ccc(C(=O)Nc2c(Cl)ncnc2Cl)cc1. The van der Waals surface area contributed by atoms with Crippen LogP contribution in [0.25, 0.3) is 0 Å². The molecular weight excluding hydrogens is 297 g/mol. The van der Waals surface area contributed by atoms with Gasteiger partial charge in [0.05, 0.1) is 0 Å². The summed E-state index contributed by atoms with van der Waals surface area (Å²) >= 11 is 11.8. The molecule has 0 unspecified atom stereocenters. The van der Waals surface area contributed by atoms with E-state index < -0.39 is 0 Å². The number of rotatable bonds is 3. The van der Waals surface area contributed by atoms with Gasteiger partial charge in [-0.1, -0.05) is 49.2 Å². The second-order valence-corrected chi connectivity index (χ2v) is 5.28. The van der Waals surface area contributed by atoms with Crippen molar-refractivity contribution in [2.45, 2.75) is 19.8 Å². The monoisotopic (exact) mass is 309 g/mol. The minimum atomic E-state index is -0.307. The predicted octanol–water partition coefficient (Wildman–Crippen LogP) is 4.16. The zero-order chi connectivity index (χ0) is 14.7. The van der Waals surface area contributed by atoms with Crippen LogP contribution in [0, 0.1) is 0 Å². The molecular formula is C14H13Cl2N3O. The Hall–Kier alpha value is -1.65. The van der Waals surface area contributed by atoms with Crippen LogP contribution in [0.3, 0.4) is 0 Å². The fourth-order valence-electron chi connectivity index (χ4n) is 1.65. The van der Waals surface area contributed by atoms with Crippen molar-refractivity contribution in [3.63, 3.8) is 0 Å². The Balaban J connectivity index is 2.20. The smallest absolute Gasteiger partial charge is 0.255 e. The number of nitrogens with one attached hydrogen (secondary N) is 1. The summed E-state index contributed by atoms with van der Waals surface area (Å²) in [6, 6.07) is 7.36. The third kappa shape index (κ3) is 3.26. The quantitative estimate of drug-likeness (QED) is 0.866. The summed E-state index contributed by atoms with van der Waals surface area (Å²) in [7, 11) is 0. The van der Waals surface area contributed by atoms with Crippen LogP contribution in [0.1, 0.15) is 35.7 Å². The maximum atomic E-state index is 12.1. The van der Waals surface area contributed by atoms with Gasteiger partial charge in [-0.25, -0.2) is 9.97 Å². The largest absolute Gasteiger partial charge is 0.317 e. The maximum Gasteiger partial charge on any atom is 0.255 e. The lowest BCUT2D eigenvalue weighted by atomic mass is 10.0. The molecule has 1 N–H and O–H groups in total. The molecule has 0 aliphatic heterocycles. The number of anilines is 1. The van der Waals surface area contributed by atoms with Gasteiger partial charge in [0.2, 0.25) is 0 Å². The molecule has 1 heterocycles. The number of amides is 1. The van der Waals surface area contributed by atoms with Gasteiger partial charge in [-0.15, -0.1) is 0 Å². The molecule has 0 aliphatic rings. The van der Waals surface area contributed by atoms with Gasteiger partial charge in [0.15, 0.2) is 10.3 Å². The van der Waals surface area contributed by atoms with Crippen molar-refractivity contribution in [2.24, 2.45) is 0 Å². The topological polar surface area (TPSA) is 54.9 Å².